The highest BCUT2D eigenvalue weighted by Gasteiger charge is 2.08. The third kappa shape index (κ3) is 4.54. The van der Waals surface area contributed by atoms with Gasteiger partial charge in [-0.1, -0.05) is 42.5 Å². The summed E-state index contributed by atoms with van der Waals surface area (Å²) >= 11 is 0. The van der Waals surface area contributed by atoms with Crippen molar-refractivity contribution < 1.29 is 9.72 Å². The second-order valence-electron chi connectivity index (χ2n) is 4.31. The van der Waals surface area contributed by atoms with E-state index < -0.39 is 4.92 Å². The number of rotatable bonds is 5. The highest BCUT2D eigenvalue weighted by Crippen LogP contribution is 2.13. The molecule has 0 heterocycles. The number of hydrogen-bond donors (Lipinski definition) is 1. The Morgan fingerprint density at radius 3 is 2.67 bits per heavy atom. The molecule has 2 rings (SSSR count). The van der Waals surface area contributed by atoms with Crippen LogP contribution in [0.4, 0.5) is 5.69 Å². The van der Waals surface area contributed by atoms with E-state index in [9.17, 15) is 14.9 Å². The smallest absolute Gasteiger partial charge is 0.269 e. The molecule has 0 aliphatic rings. The molecule has 1 amide bonds. The SMILES string of the molecule is O=C(Cc1cccc([N+](=O)[O-])c1)N/N=C/c1ccccc1. The van der Waals surface area contributed by atoms with Crippen LogP contribution >= 0.6 is 0 Å². The zero-order valence-corrected chi connectivity index (χ0v) is 11.1. The minimum Gasteiger partial charge on any atom is -0.273 e. The van der Waals surface area contributed by atoms with Crippen LogP contribution in [-0.2, 0) is 11.2 Å². The maximum absolute atomic E-state index is 11.7. The lowest BCUT2D eigenvalue weighted by Crippen LogP contribution is -2.19. The highest BCUT2D eigenvalue weighted by atomic mass is 16.6. The van der Waals surface area contributed by atoms with E-state index in [0.29, 0.717) is 5.56 Å². The van der Waals surface area contributed by atoms with Crippen LogP contribution in [0.5, 0.6) is 0 Å². The predicted octanol–water partition coefficient (Wildman–Crippen LogP) is 2.29. The van der Waals surface area contributed by atoms with Gasteiger partial charge in [0.05, 0.1) is 17.6 Å². The van der Waals surface area contributed by atoms with E-state index in [-0.39, 0.29) is 18.0 Å². The van der Waals surface area contributed by atoms with Crippen molar-refractivity contribution in [2.45, 2.75) is 6.42 Å². The minimum absolute atomic E-state index is 0.0342. The molecule has 0 fully saturated rings. The molecule has 21 heavy (non-hydrogen) atoms. The molecule has 0 unspecified atom stereocenters. The molecule has 1 N–H and O–H groups in total. The van der Waals surface area contributed by atoms with Gasteiger partial charge in [0.1, 0.15) is 0 Å². The zero-order valence-electron chi connectivity index (χ0n) is 11.1. The lowest BCUT2D eigenvalue weighted by molar-refractivity contribution is -0.384. The Morgan fingerprint density at radius 1 is 1.19 bits per heavy atom. The fourth-order valence-electron chi connectivity index (χ4n) is 1.72. The Hall–Kier alpha value is -3.02. The maximum atomic E-state index is 11.7. The van der Waals surface area contributed by atoms with Gasteiger partial charge in [-0.2, -0.15) is 5.10 Å². The van der Waals surface area contributed by atoms with Crippen molar-refractivity contribution >= 4 is 17.8 Å². The Kier molecular flexibility index (Phi) is 4.76. The van der Waals surface area contributed by atoms with E-state index in [2.05, 4.69) is 10.5 Å². The average molecular weight is 283 g/mol. The number of benzene rings is 2. The van der Waals surface area contributed by atoms with Gasteiger partial charge in [-0.05, 0) is 11.1 Å². The van der Waals surface area contributed by atoms with Gasteiger partial charge in [0.15, 0.2) is 0 Å². The number of carbonyl (C=O) groups excluding carboxylic acids is 1. The first-order valence-corrected chi connectivity index (χ1v) is 6.25. The van der Waals surface area contributed by atoms with Crippen LogP contribution in [-0.4, -0.2) is 17.0 Å². The molecule has 2 aromatic rings. The van der Waals surface area contributed by atoms with Gasteiger partial charge >= 0.3 is 0 Å². The molecule has 6 heteroatoms. The molecule has 106 valence electrons. The molecule has 0 aliphatic heterocycles. The summed E-state index contributed by atoms with van der Waals surface area (Å²) in [6.45, 7) is 0. The first-order chi connectivity index (χ1) is 10.1. The van der Waals surface area contributed by atoms with Crippen LogP contribution in [0.2, 0.25) is 0 Å². The summed E-state index contributed by atoms with van der Waals surface area (Å²) in [5.41, 5.74) is 3.79. The predicted molar refractivity (Wildman–Crippen MR) is 79.0 cm³/mol. The largest absolute Gasteiger partial charge is 0.273 e. The highest BCUT2D eigenvalue weighted by molar-refractivity contribution is 5.83. The van der Waals surface area contributed by atoms with Gasteiger partial charge in [-0.15, -0.1) is 0 Å². The lowest BCUT2D eigenvalue weighted by atomic mass is 10.1. The lowest BCUT2D eigenvalue weighted by Gasteiger charge is -2.00. The average Bonchev–Trinajstić information content (AvgIpc) is 2.48. The number of carbonyl (C=O) groups is 1. The summed E-state index contributed by atoms with van der Waals surface area (Å²) < 4.78 is 0. The molecule has 0 aromatic heterocycles. The Morgan fingerprint density at radius 2 is 1.95 bits per heavy atom. The molecular formula is C15H13N3O3. The van der Waals surface area contributed by atoms with Crippen molar-refractivity contribution in [2.75, 3.05) is 0 Å². The maximum Gasteiger partial charge on any atom is 0.269 e. The number of nitro groups is 1. The zero-order chi connectivity index (χ0) is 15.1. The van der Waals surface area contributed by atoms with Crippen molar-refractivity contribution in [2.24, 2.45) is 5.10 Å². The standard InChI is InChI=1S/C15H13N3O3/c19-15(17-16-11-12-5-2-1-3-6-12)10-13-7-4-8-14(9-13)18(20)21/h1-9,11H,10H2,(H,17,19)/b16-11+. The third-order valence-electron chi connectivity index (χ3n) is 2.69. The van der Waals surface area contributed by atoms with Crippen molar-refractivity contribution in [3.63, 3.8) is 0 Å². The van der Waals surface area contributed by atoms with Gasteiger partial charge in [0, 0.05) is 12.1 Å². The van der Waals surface area contributed by atoms with Crippen LogP contribution in [0.1, 0.15) is 11.1 Å². The number of hydrazone groups is 1. The molecular weight excluding hydrogens is 270 g/mol. The summed E-state index contributed by atoms with van der Waals surface area (Å²) in [5.74, 6) is -0.331. The summed E-state index contributed by atoms with van der Waals surface area (Å²) in [6.07, 6.45) is 1.57. The van der Waals surface area contributed by atoms with Crippen molar-refractivity contribution in [3.05, 3.63) is 75.8 Å². The molecule has 0 radical (unpaired) electrons. The molecule has 0 spiro atoms. The third-order valence-corrected chi connectivity index (χ3v) is 2.69. The minimum atomic E-state index is -0.491. The fourth-order valence-corrected chi connectivity index (χ4v) is 1.72. The molecule has 0 saturated carbocycles. The first-order valence-electron chi connectivity index (χ1n) is 6.25. The Labute approximate surface area is 121 Å². The van der Waals surface area contributed by atoms with Crippen molar-refractivity contribution in [3.8, 4) is 0 Å². The number of nitro benzene ring substituents is 1. The number of nitrogens with one attached hydrogen (secondary N) is 1. The van der Waals surface area contributed by atoms with E-state index in [1.54, 1.807) is 12.1 Å². The Balaban J connectivity index is 1.91. The summed E-state index contributed by atoms with van der Waals surface area (Å²) in [4.78, 5) is 21.8. The van der Waals surface area contributed by atoms with Crippen LogP contribution in [0, 0.1) is 10.1 Å². The second kappa shape index (κ2) is 6.95. The van der Waals surface area contributed by atoms with Crippen molar-refractivity contribution in [1.82, 2.24) is 5.43 Å². The molecule has 0 aliphatic carbocycles. The molecule has 0 saturated heterocycles. The van der Waals surface area contributed by atoms with Crippen LogP contribution in [0.15, 0.2) is 59.7 Å². The summed E-state index contributed by atoms with van der Waals surface area (Å²) in [7, 11) is 0. The van der Waals surface area contributed by atoms with Gasteiger partial charge in [0.25, 0.3) is 5.69 Å². The van der Waals surface area contributed by atoms with Gasteiger partial charge in [-0.3, -0.25) is 14.9 Å². The van der Waals surface area contributed by atoms with Crippen LogP contribution in [0.25, 0.3) is 0 Å². The molecule has 6 nitrogen and oxygen atoms in total. The van der Waals surface area contributed by atoms with Crippen molar-refractivity contribution in [1.29, 1.82) is 0 Å². The van der Waals surface area contributed by atoms with Gasteiger partial charge in [-0.25, -0.2) is 5.43 Å². The van der Waals surface area contributed by atoms with Gasteiger partial charge in [0.2, 0.25) is 5.91 Å². The number of amides is 1. The van der Waals surface area contributed by atoms with E-state index in [1.165, 1.54) is 18.3 Å². The van der Waals surface area contributed by atoms with Crippen LogP contribution < -0.4 is 5.43 Å². The molecule has 2 aromatic carbocycles. The van der Waals surface area contributed by atoms with Gasteiger partial charge < -0.3 is 0 Å². The number of non-ortho nitro benzene ring substituents is 1. The summed E-state index contributed by atoms with van der Waals surface area (Å²) in [5, 5.41) is 14.5. The van der Waals surface area contributed by atoms with E-state index in [0.717, 1.165) is 5.56 Å². The van der Waals surface area contributed by atoms with E-state index in [4.69, 9.17) is 0 Å². The summed E-state index contributed by atoms with van der Waals surface area (Å²) in [6, 6.07) is 15.3. The first kappa shape index (κ1) is 14.4. The Bertz CT molecular complexity index is 669. The molecule has 0 bridgehead atoms. The van der Waals surface area contributed by atoms with E-state index >= 15 is 0 Å². The monoisotopic (exact) mass is 283 g/mol. The number of nitrogens with zero attached hydrogens (tertiary/aromatic N) is 2. The topological polar surface area (TPSA) is 84.6 Å². The van der Waals surface area contributed by atoms with Crippen LogP contribution in [0.3, 0.4) is 0 Å². The quantitative estimate of drug-likeness (QED) is 0.519. The normalized spacial score (nSPS) is 10.5. The fraction of sp³-hybridized carbons (Fsp3) is 0.0667. The second-order valence-corrected chi connectivity index (χ2v) is 4.31. The number of hydrogen-bond acceptors (Lipinski definition) is 4. The van der Waals surface area contributed by atoms with E-state index in [1.807, 2.05) is 30.3 Å². The molecule has 0 atom stereocenters.